The van der Waals surface area contributed by atoms with Crippen LogP contribution in [0.3, 0.4) is 0 Å². The van der Waals surface area contributed by atoms with Crippen molar-refractivity contribution in [3.63, 3.8) is 0 Å². The van der Waals surface area contributed by atoms with E-state index in [9.17, 15) is 14.4 Å². The molecule has 2 saturated heterocycles. The fourth-order valence-corrected chi connectivity index (χ4v) is 3.92. The number of halogens is 1. The van der Waals surface area contributed by atoms with Crippen molar-refractivity contribution >= 4 is 29.3 Å². The summed E-state index contributed by atoms with van der Waals surface area (Å²) in [7, 11) is 0. The first-order valence-electron chi connectivity index (χ1n) is 9.50. The van der Waals surface area contributed by atoms with E-state index in [1.807, 2.05) is 13.8 Å². The highest BCUT2D eigenvalue weighted by Crippen LogP contribution is 2.21. The molecule has 3 amide bonds. The number of nitrogens with one attached hydrogen (secondary N) is 1. The second-order valence-electron chi connectivity index (χ2n) is 7.65. The first kappa shape index (κ1) is 19.7. The van der Waals surface area contributed by atoms with Gasteiger partial charge in [0.15, 0.2) is 0 Å². The van der Waals surface area contributed by atoms with Crippen molar-refractivity contribution in [3.8, 4) is 0 Å². The van der Waals surface area contributed by atoms with E-state index in [1.165, 1.54) is 0 Å². The molecule has 146 valence electrons. The zero-order chi connectivity index (χ0) is 19.6. The molecular formula is C20H26ClN3O3. The van der Waals surface area contributed by atoms with E-state index in [0.717, 1.165) is 12.8 Å². The van der Waals surface area contributed by atoms with E-state index in [4.69, 9.17) is 11.6 Å². The summed E-state index contributed by atoms with van der Waals surface area (Å²) in [5.74, 6) is -0.296. The number of piperidine rings is 1. The van der Waals surface area contributed by atoms with Crippen LogP contribution in [0, 0.1) is 5.92 Å². The fourth-order valence-electron chi connectivity index (χ4n) is 3.80. The Morgan fingerprint density at radius 2 is 1.89 bits per heavy atom. The molecule has 7 heteroatoms. The lowest BCUT2D eigenvalue weighted by Crippen LogP contribution is -2.48. The smallest absolute Gasteiger partial charge is 0.253 e. The summed E-state index contributed by atoms with van der Waals surface area (Å²) < 4.78 is 0. The average molecular weight is 392 g/mol. The van der Waals surface area contributed by atoms with Gasteiger partial charge in [-0.1, -0.05) is 11.6 Å². The molecule has 0 saturated carbocycles. The van der Waals surface area contributed by atoms with E-state index in [0.29, 0.717) is 36.6 Å². The lowest BCUT2D eigenvalue weighted by atomic mass is 9.96. The minimum atomic E-state index is -0.238. The summed E-state index contributed by atoms with van der Waals surface area (Å²) >= 11 is 5.88. The van der Waals surface area contributed by atoms with Crippen LogP contribution in [0.5, 0.6) is 0 Å². The molecule has 0 bridgehead atoms. The van der Waals surface area contributed by atoms with E-state index < -0.39 is 0 Å². The Labute approximate surface area is 164 Å². The normalized spacial score (nSPS) is 23.0. The highest BCUT2D eigenvalue weighted by Gasteiger charge is 2.35. The summed E-state index contributed by atoms with van der Waals surface area (Å²) in [6.45, 7) is 5.56. The van der Waals surface area contributed by atoms with Crippen LogP contribution in [0.2, 0.25) is 5.02 Å². The van der Waals surface area contributed by atoms with Gasteiger partial charge in [-0.3, -0.25) is 14.4 Å². The third kappa shape index (κ3) is 4.61. The second-order valence-corrected chi connectivity index (χ2v) is 8.08. The Bertz CT molecular complexity index is 720. The molecule has 2 aliphatic rings. The van der Waals surface area contributed by atoms with Gasteiger partial charge in [0.25, 0.3) is 5.91 Å². The fraction of sp³-hybridized carbons (Fsp3) is 0.550. The van der Waals surface area contributed by atoms with Crippen molar-refractivity contribution in [2.24, 2.45) is 5.92 Å². The second kappa shape index (κ2) is 8.30. The van der Waals surface area contributed by atoms with Crippen molar-refractivity contribution in [1.29, 1.82) is 0 Å². The summed E-state index contributed by atoms with van der Waals surface area (Å²) in [6.07, 6.45) is 1.90. The maximum atomic E-state index is 12.7. The van der Waals surface area contributed by atoms with Crippen molar-refractivity contribution in [1.82, 2.24) is 15.1 Å². The van der Waals surface area contributed by atoms with Gasteiger partial charge in [-0.25, -0.2) is 0 Å². The number of likely N-dealkylation sites (tertiary alicyclic amines) is 2. The van der Waals surface area contributed by atoms with Crippen LogP contribution in [-0.4, -0.2) is 59.2 Å². The predicted octanol–water partition coefficient (Wildman–Crippen LogP) is 2.32. The van der Waals surface area contributed by atoms with Crippen molar-refractivity contribution in [3.05, 3.63) is 34.9 Å². The molecule has 0 radical (unpaired) electrons. The highest BCUT2D eigenvalue weighted by molar-refractivity contribution is 6.30. The number of amides is 3. The van der Waals surface area contributed by atoms with Crippen LogP contribution in [0.4, 0.5) is 0 Å². The number of hydrogen-bond donors (Lipinski definition) is 1. The Balaban J connectivity index is 1.57. The van der Waals surface area contributed by atoms with Crippen LogP contribution in [0.25, 0.3) is 0 Å². The third-order valence-corrected chi connectivity index (χ3v) is 5.55. The molecule has 1 N–H and O–H groups in total. The Kier molecular flexibility index (Phi) is 6.05. The summed E-state index contributed by atoms with van der Waals surface area (Å²) in [4.78, 5) is 40.9. The molecule has 27 heavy (non-hydrogen) atoms. The zero-order valence-electron chi connectivity index (χ0n) is 15.8. The molecule has 3 rings (SSSR count). The molecule has 1 aromatic rings. The minimum Gasteiger partial charge on any atom is -0.351 e. The highest BCUT2D eigenvalue weighted by atomic mass is 35.5. The van der Waals surface area contributed by atoms with Gasteiger partial charge < -0.3 is 15.1 Å². The molecule has 0 aromatic heterocycles. The number of carbonyl (C=O) groups excluding carboxylic acids is 3. The van der Waals surface area contributed by atoms with Gasteiger partial charge >= 0.3 is 0 Å². The van der Waals surface area contributed by atoms with Crippen LogP contribution >= 0.6 is 11.6 Å². The average Bonchev–Trinajstić information content (AvgIpc) is 3.02. The summed E-state index contributed by atoms with van der Waals surface area (Å²) in [6, 6.07) is 6.80. The Morgan fingerprint density at radius 3 is 2.52 bits per heavy atom. The first-order valence-corrected chi connectivity index (χ1v) is 9.87. The van der Waals surface area contributed by atoms with Crippen molar-refractivity contribution in [2.45, 2.75) is 45.2 Å². The Hall–Kier alpha value is -2.08. The number of nitrogens with zero attached hydrogens (tertiary/aromatic N) is 2. The van der Waals surface area contributed by atoms with Gasteiger partial charge in [0.1, 0.15) is 0 Å². The molecule has 2 atom stereocenters. The monoisotopic (exact) mass is 391 g/mol. The maximum Gasteiger partial charge on any atom is 0.253 e. The Morgan fingerprint density at radius 1 is 1.19 bits per heavy atom. The molecule has 6 nitrogen and oxygen atoms in total. The van der Waals surface area contributed by atoms with Gasteiger partial charge in [0.05, 0.1) is 12.0 Å². The molecule has 0 spiro atoms. The lowest BCUT2D eigenvalue weighted by molar-refractivity contribution is -0.129. The summed E-state index contributed by atoms with van der Waals surface area (Å²) in [5, 5.41) is 3.60. The lowest BCUT2D eigenvalue weighted by Gasteiger charge is -2.32. The summed E-state index contributed by atoms with van der Waals surface area (Å²) in [5.41, 5.74) is 0.578. The molecule has 2 fully saturated rings. The van der Waals surface area contributed by atoms with E-state index in [-0.39, 0.29) is 35.7 Å². The van der Waals surface area contributed by atoms with Gasteiger partial charge in [0.2, 0.25) is 11.8 Å². The van der Waals surface area contributed by atoms with E-state index >= 15 is 0 Å². The zero-order valence-corrected chi connectivity index (χ0v) is 16.5. The first-order chi connectivity index (χ1) is 12.8. The van der Waals surface area contributed by atoms with Crippen LogP contribution in [0.15, 0.2) is 24.3 Å². The van der Waals surface area contributed by atoms with Gasteiger partial charge in [-0.15, -0.1) is 0 Å². The van der Waals surface area contributed by atoms with Crippen LogP contribution in [-0.2, 0) is 9.59 Å². The van der Waals surface area contributed by atoms with Crippen LogP contribution in [0.1, 0.15) is 43.5 Å². The largest absolute Gasteiger partial charge is 0.351 e. The molecular weight excluding hydrogens is 366 g/mol. The molecule has 2 aliphatic heterocycles. The molecule has 0 aliphatic carbocycles. The molecule has 1 aromatic carbocycles. The minimum absolute atomic E-state index is 0.0630. The number of benzene rings is 1. The van der Waals surface area contributed by atoms with E-state index in [1.54, 1.807) is 34.1 Å². The van der Waals surface area contributed by atoms with Gasteiger partial charge in [-0.2, -0.15) is 0 Å². The number of hydrogen-bond acceptors (Lipinski definition) is 3. The van der Waals surface area contributed by atoms with Crippen LogP contribution < -0.4 is 5.32 Å². The maximum absolute atomic E-state index is 12.7. The predicted molar refractivity (Wildman–Crippen MR) is 103 cm³/mol. The van der Waals surface area contributed by atoms with Gasteiger partial charge in [0, 0.05) is 42.7 Å². The topological polar surface area (TPSA) is 69.7 Å². The SMILES string of the molecule is CC(C)N1CC(NC(=O)C2CCCN(C(=O)c3ccc(Cl)cc3)C2)CC1=O. The molecule has 2 unspecified atom stereocenters. The van der Waals surface area contributed by atoms with Crippen molar-refractivity contribution < 1.29 is 14.4 Å². The molecule has 2 heterocycles. The number of carbonyl (C=O) groups is 3. The third-order valence-electron chi connectivity index (χ3n) is 5.30. The van der Waals surface area contributed by atoms with Crippen molar-refractivity contribution in [2.75, 3.05) is 19.6 Å². The van der Waals surface area contributed by atoms with E-state index in [2.05, 4.69) is 5.32 Å². The standard InChI is InChI=1S/C20H26ClN3O3/c1-13(2)24-12-17(10-18(24)25)22-19(26)15-4-3-9-23(11-15)20(27)14-5-7-16(21)8-6-14/h5-8,13,15,17H,3-4,9-12H2,1-2H3,(H,22,26). The van der Waals surface area contributed by atoms with Gasteiger partial charge in [-0.05, 0) is 51.0 Å². The number of rotatable bonds is 4. The quantitative estimate of drug-likeness (QED) is 0.856.